The van der Waals surface area contributed by atoms with Gasteiger partial charge in [0, 0.05) is 18.6 Å². The number of benzene rings is 2. The first-order chi connectivity index (χ1) is 13.6. The maximum atomic E-state index is 13.6. The first-order valence-electron chi connectivity index (χ1n) is 9.90. The van der Waals surface area contributed by atoms with Gasteiger partial charge in [0.1, 0.15) is 12.0 Å². The summed E-state index contributed by atoms with van der Waals surface area (Å²) in [5.74, 6) is -0.250. The Hall–Kier alpha value is -1.80. The summed E-state index contributed by atoms with van der Waals surface area (Å²) >= 11 is 0. The van der Waals surface area contributed by atoms with E-state index in [9.17, 15) is 17.9 Å². The van der Waals surface area contributed by atoms with E-state index in [2.05, 4.69) is 4.72 Å². The molecule has 0 aromatic heterocycles. The third kappa shape index (κ3) is 5.63. The molecule has 3 unspecified atom stereocenters. The number of aliphatic hydroxyl groups is 1. The minimum atomic E-state index is -3.36. The van der Waals surface area contributed by atoms with Crippen molar-refractivity contribution in [2.24, 2.45) is 5.92 Å². The molecule has 0 amide bonds. The number of nitrogens with zero attached hydrogens (tertiary/aromatic N) is 1. The predicted octanol–water partition coefficient (Wildman–Crippen LogP) is 3.00. The Bertz CT molecular complexity index is 949. The highest BCUT2D eigenvalue weighted by atomic mass is 32.2. The molecule has 7 heteroatoms. The van der Waals surface area contributed by atoms with E-state index in [4.69, 9.17) is 0 Å². The maximum absolute atomic E-state index is 13.6. The van der Waals surface area contributed by atoms with Crippen molar-refractivity contribution < 1.29 is 17.9 Å². The van der Waals surface area contributed by atoms with Crippen molar-refractivity contribution in [3.63, 3.8) is 0 Å². The minimum Gasteiger partial charge on any atom is -0.378 e. The van der Waals surface area contributed by atoms with Gasteiger partial charge in [-0.15, -0.1) is 0 Å². The molecule has 158 valence electrons. The van der Waals surface area contributed by atoms with Crippen LogP contribution in [-0.4, -0.2) is 49.5 Å². The smallest absolute Gasteiger partial charge is 0.209 e. The predicted molar refractivity (Wildman–Crippen MR) is 113 cm³/mol. The molecule has 0 aliphatic carbocycles. The van der Waals surface area contributed by atoms with Crippen LogP contribution in [0.15, 0.2) is 48.5 Å². The molecule has 2 aromatic rings. The minimum absolute atomic E-state index is 0.0353. The van der Waals surface area contributed by atoms with E-state index in [1.807, 2.05) is 49.1 Å². The summed E-state index contributed by atoms with van der Waals surface area (Å²) in [5.41, 5.74) is 2.71. The highest BCUT2D eigenvalue weighted by molar-refractivity contribution is 7.88. The molecule has 2 aromatic carbocycles. The van der Waals surface area contributed by atoms with Crippen LogP contribution in [0.1, 0.15) is 25.8 Å². The largest absolute Gasteiger partial charge is 0.378 e. The molecule has 1 aliphatic heterocycles. The number of halogens is 1. The van der Waals surface area contributed by atoms with Gasteiger partial charge in [-0.05, 0) is 47.6 Å². The Balaban J connectivity index is 1.88. The molecule has 1 saturated heterocycles. The van der Waals surface area contributed by atoms with Crippen LogP contribution in [0.4, 0.5) is 4.39 Å². The van der Waals surface area contributed by atoms with Gasteiger partial charge in [-0.3, -0.25) is 4.90 Å². The molecular formula is C22H29FN2O3S. The first-order valence-corrected chi connectivity index (χ1v) is 11.8. The molecule has 1 fully saturated rings. The molecule has 1 aliphatic rings. The van der Waals surface area contributed by atoms with Crippen LogP contribution in [0.2, 0.25) is 0 Å². The van der Waals surface area contributed by atoms with Crippen molar-refractivity contribution in [2.75, 3.05) is 12.8 Å². The van der Waals surface area contributed by atoms with E-state index < -0.39 is 16.3 Å². The highest BCUT2D eigenvalue weighted by Gasteiger charge is 2.39. The van der Waals surface area contributed by atoms with Gasteiger partial charge >= 0.3 is 0 Å². The third-order valence-electron chi connectivity index (χ3n) is 5.42. The van der Waals surface area contributed by atoms with Gasteiger partial charge < -0.3 is 5.11 Å². The number of nitrogens with one attached hydrogen (secondary N) is 1. The number of rotatable bonds is 7. The van der Waals surface area contributed by atoms with Gasteiger partial charge in [0.2, 0.25) is 10.0 Å². The first kappa shape index (κ1) is 21.9. The van der Waals surface area contributed by atoms with Gasteiger partial charge in [0.15, 0.2) is 0 Å². The lowest BCUT2D eigenvalue weighted by atomic mass is 9.96. The highest BCUT2D eigenvalue weighted by Crippen LogP contribution is 2.28. The fourth-order valence-electron chi connectivity index (χ4n) is 4.05. The summed E-state index contributed by atoms with van der Waals surface area (Å²) in [7, 11) is -3.36. The molecule has 5 nitrogen and oxygen atoms in total. The quantitative estimate of drug-likeness (QED) is 0.723. The zero-order valence-corrected chi connectivity index (χ0v) is 17.9. The summed E-state index contributed by atoms with van der Waals surface area (Å²) < 4.78 is 40.0. The lowest BCUT2D eigenvalue weighted by Crippen LogP contribution is -2.50. The van der Waals surface area contributed by atoms with Gasteiger partial charge in [-0.25, -0.2) is 17.5 Å². The zero-order chi connectivity index (χ0) is 21.2. The summed E-state index contributed by atoms with van der Waals surface area (Å²) in [6.07, 6.45) is 1.75. The van der Waals surface area contributed by atoms with Crippen LogP contribution in [-0.2, 0) is 16.4 Å². The molecule has 2 N–H and O–H groups in total. The van der Waals surface area contributed by atoms with E-state index in [1.165, 1.54) is 12.1 Å². The Labute approximate surface area is 172 Å². The van der Waals surface area contributed by atoms with Crippen LogP contribution in [0.25, 0.3) is 11.1 Å². The SMILES string of the molecule is CC(C)C(O)N1CCC(NS(C)(=O)=O)C1Cc1cccc(-c2cccc(F)c2)c1. The van der Waals surface area contributed by atoms with E-state index >= 15 is 0 Å². The van der Waals surface area contributed by atoms with Crippen molar-refractivity contribution in [2.45, 2.75) is 45.0 Å². The second kappa shape index (κ2) is 8.92. The van der Waals surface area contributed by atoms with Crippen LogP contribution in [0, 0.1) is 11.7 Å². The van der Waals surface area contributed by atoms with Crippen molar-refractivity contribution in [1.82, 2.24) is 9.62 Å². The topological polar surface area (TPSA) is 69.6 Å². The van der Waals surface area contributed by atoms with Crippen molar-refractivity contribution >= 4 is 10.0 Å². The summed E-state index contributed by atoms with van der Waals surface area (Å²) in [6, 6.07) is 13.9. The normalized spacial score (nSPS) is 21.6. The van der Waals surface area contributed by atoms with Crippen LogP contribution in [0.5, 0.6) is 0 Å². The van der Waals surface area contributed by atoms with Crippen molar-refractivity contribution in [3.8, 4) is 11.1 Å². The number of hydrogen-bond acceptors (Lipinski definition) is 4. The second-order valence-corrected chi connectivity index (χ2v) is 9.94. The molecule has 3 atom stereocenters. The van der Waals surface area contributed by atoms with E-state index in [0.29, 0.717) is 19.4 Å². The molecule has 0 saturated carbocycles. The van der Waals surface area contributed by atoms with Crippen LogP contribution < -0.4 is 4.72 Å². The number of hydrogen-bond donors (Lipinski definition) is 2. The molecule has 0 bridgehead atoms. The fourth-order valence-corrected chi connectivity index (χ4v) is 4.87. The van der Waals surface area contributed by atoms with Gasteiger partial charge in [0.05, 0.1) is 6.26 Å². The Morgan fingerprint density at radius 2 is 1.83 bits per heavy atom. The van der Waals surface area contributed by atoms with Crippen molar-refractivity contribution in [1.29, 1.82) is 0 Å². The average Bonchev–Trinajstić information content (AvgIpc) is 3.01. The summed E-state index contributed by atoms with van der Waals surface area (Å²) in [5, 5.41) is 10.7. The van der Waals surface area contributed by atoms with E-state index in [1.54, 1.807) is 6.07 Å². The van der Waals surface area contributed by atoms with Gasteiger partial charge in [-0.1, -0.05) is 50.2 Å². The lowest BCUT2D eigenvalue weighted by Gasteiger charge is -2.34. The molecule has 3 rings (SSSR count). The molecule has 0 spiro atoms. The fraction of sp³-hybridized carbons (Fsp3) is 0.455. The van der Waals surface area contributed by atoms with Crippen LogP contribution in [0.3, 0.4) is 0 Å². The molecule has 1 heterocycles. The number of sulfonamides is 1. The third-order valence-corrected chi connectivity index (χ3v) is 6.15. The van der Waals surface area contributed by atoms with Gasteiger partial charge in [-0.2, -0.15) is 0 Å². The summed E-state index contributed by atoms with van der Waals surface area (Å²) in [6.45, 7) is 4.52. The zero-order valence-electron chi connectivity index (χ0n) is 17.0. The number of likely N-dealkylation sites (tertiary alicyclic amines) is 1. The Morgan fingerprint density at radius 1 is 1.17 bits per heavy atom. The molecular weight excluding hydrogens is 391 g/mol. The maximum Gasteiger partial charge on any atom is 0.209 e. The van der Waals surface area contributed by atoms with E-state index in [-0.39, 0.29) is 23.8 Å². The van der Waals surface area contributed by atoms with Crippen LogP contribution >= 0.6 is 0 Å². The Morgan fingerprint density at radius 3 is 2.45 bits per heavy atom. The van der Waals surface area contributed by atoms with Gasteiger partial charge in [0.25, 0.3) is 0 Å². The second-order valence-electron chi connectivity index (χ2n) is 8.16. The summed E-state index contributed by atoms with van der Waals surface area (Å²) in [4.78, 5) is 1.99. The molecule has 29 heavy (non-hydrogen) atoms. The Kier molecular flexibility index (Phi) is 6.73. The number of aliphatic hydroxyl groups excluding tert-OH is 1. The standard InChI is InChI=1S/C22H29FN2O3S/c1-15(2)22(26)25-11-10-20(24-29(3,27)28)21(25)13-16-6-4-7-17(12-16)18-8-5-9-19(23)14-18/h4-9,12,14-15,20-22,24,26H,10-11,13H2,1-3H3. The monoisotopic (exact) mass is 420 g/mol. The van der Waals surface area contributed by atoms with Crippen molar-refractivity contribution in [3.05, 3.63) is 59.9 Å². The van der Waals surface area contributed by atoms with E-state index in [0.717, 1.165) is 22.9 Å². The molecule has 0 radical (unpaired) electrons. The average molecular weight is 421 g/mol. The lowest BCUT2D eigenvalue weighted by molar-refractivity contribution is -0.0390.